The average molecular weight is 405 g/mol. The molecule has 0 spiro atoms. The third-order valence-electron chi connectivity index (χ3n) is 2.39. The summed E-state index contributed by atoms with van der Waals surface area (Å²) in [4.78, 5) is 12.7. The van der Waals surface area contributed by atoms with E-state index in [4.69, 9.17) is 4.74 Å². The Labute approximate surface area is 132 Å². The lowest BCUT2D eigenvalue weighted by Crippen LogP contribution is -2.09. The van der Waals surface area contributed by atoms with Crippen LogP contribution in [0.3, 0.4) is 0 Å². The predicted octanol–water partition coefficient (Wildman–Crippen LogP) is 4.67. The Bertz CT molecular complexity index is 561. The first-order valence-electron chi connectivity index (χ1n) is 5.44. The summed E-state index contributed by atoms with van der Waals surface area (Å²) >= 11 is 8.13. The minimum absolute atomic E-state index is 0.115. The second kappa shape index (κ2) is 6.65. The number of anilines is 1. The van der Waals surface area contributed by atoms with Crippen molar-refractivity contribution in [3.63, 3.8) is 0 Å². The van der Waals surface area contributed by atoms with Crippen molar-refractivity contribution in [3.05, 3.63) is 49.0 Å². The fourth-order valence-electron chi connectivity index (χ4n) is 1.50. The summed E-state index contributed by atoms with van der Waals surface area (Å²) in [6.45, 7) is 0.568. The van der Waals surface area contributed by atoms with Gasteiger partial charge in [0.25, 0.3) is 5.91 Å². The zero-order valence-electron chi connectivity index (χ0n) is 10.1. The van der Waals surface area contributed by atoms with E-state index < -0.39 is 0 Å². The van der Waals surface area contributed by atoms with Crippen LogP contribution < -0.4 is 5.32 Å². The van der Waals surface area contributed by atoms with Gasteiger partial charge in [-0.25, -0.2) is 0 Å². The molecule has 3 nitrogen and oxygen atoms in total. The second-order valence-corrected chi connectivity index (χ2v) is 7.04. The van der Waals surface area contributed by atoms with Crippen LogP contribution in [0.4, 0.5) is 5.69 Å². The Hall–Kier alpha value is -0.690. The number of thiophene rings is 1. The molecule has 0 saturated carbocycles. The van der Waals surface area contributed by atoms with Crippen LogP contribution in [0.1, 0.15) is 15.2 Å². The van der Waals surface area contributed by atoms with Crippen molar-refractivity contribution >= 4 is 54.8 Å². The molecule has 0 aliphatic rings. The largest absolute Gasteiger partial charge is 0.380 e. The molecule has 2 aromatic rings. The summed E-state index contributed by atoms with van der Waals surface area (Å²) in [5.41, 5.74) is 1.84. The smallest absolute Gasteiger partial charge is 0.265 e. The van der Waals surface area contributed by atoms with Crippen LogP contribution in [0, 0.1) is 0 Å². The topological polar surface area (TPSA) is 38.3 Å². The van der Waals surface area contributed by atoms with Gasteiger partial charge < -0.3 is 10.1 Å². The van der Waals surface area contributed by atoms with Crippen LogP contribution in [0.15, 0.2) is 38.6 Å². The van der Waals surface area contributed by atoms with Gasteiger partial charge in [0.05, 0.1) is 15.3 Å². The SMILES string of the molecule is COCc1ccc(NC(=O)c2cc(Br)c(Br)s2)cc1. The molecule has 0 unspecified atom stereocenters. The van der Waals surface area contributed by atoms with Gasteiger partial charge in [-0.15, -0.1) is 11.3 Å². The number of amides is 1. The van der Waals surface area contributed by atoms with E-state index >= 15 is 0 Å². The van der Waals surface area contributed by atoms with Crippen molar-refractivity contribution in [1.29, 1.82) is 0 Å². The molecule has 0 aliphatic carbocycles. The zero-order valence-corrected chi connectivity index (χ0v) is 14.1. The van der Waals surface area contributed by atoms with Gasteiger partial charge in [-0.05, 0) is 55.6 Å². The molecule has 0 bridgehead atoms. The standard InChI is InChI=1S/C13H11Br2NO2S/c1-18-7-8-2-4-9(5-3-8)16-13(17)11-6-10(14)12(15)19-11/h2-6H,7H2,1H3,(H,16,17). The van der Waals surface area contributed by atoms with E-state index in [0.29, 0.717) is 11.5 Å². The highest BCUT2D eigenvalue weighted by Gasteiger charge is 2.12. The van der Waals surface area contributed by atoms with E-state index in [1.54, 1.807) is 13.2 Å². The van der Waals surface area contributed by atoms with Crippen LogP contribution in [0.2, 0.25) is 0 Å². The van der Waals surface area contributed by atoms with Gasteiger partial charge in [0, 0.05) is 17.3 Å². The highest BCUT2D eigenvalue weighted by Crippen LogP contribution is 2.32. The number of hydrogen-bond donors (Lipinski definition) is 1. The quantitative estimate of drug-likeness (QED) is 0.803. The van der Waals surface area contributed by atoms with E-state index in [2.05, 4.69) is 37.2 Å². The molecule has 0 radical (unpaired) electrons. The molecule has 1 aromatic heterocycles. The molecule has 2 rings (SSSR count). The van der Waals surface area contributed by atoms with E-state index in [1.807, 2.05) is 24.3 Å². The monoisotopic (exact) mass is 403 g/mol. The van der Waals surface area contributed by atoms with E-state index in [-0.39, 0.29) is 5.91 Å². The molecule has 19 heavy (non-hydrogen) atoms. The zero-order chi connectivity index (χ0) is 13.8. The van der Waals surface area contributed by atoms with Gasteiger partial charge >= 0.3 is 0 Å². The Balaban J connectivity index is 2.06. The lowest BCUT2D eigenvalue weighted by Gasteiger charge is -2.05. The maximum absolute atomic E-state index is 12.0. The van der Waals surface area contributed by atoms with Gasteiger partial charge in [-0.2, -0.15) is 0 Å². The number of hydrogen-bond acceptors (Lipinski definition) is 3. The molecule has 1 heterocycles. The summed E-state index contributed by atoms with van der Waals surface area (Å²) in [6.07, 6.45) is 0. The maximum atomic E-state index is 12.0. The van der Waals surface area contributed by atoms with Gasteiger partial charge in [0.1, 0.15) is 0 Å². The summed E-state index contributed by atoms with van der Waals surface area (Å²) in [5.74, 6) is -0.115. The number of nitrogens with one attached hydrogen (secondary N) is 1. The number of methoxy groups -OCH3 is 1. The molecule has 0 atom stereocenters. The first-order valence-corrected chi connectivity index (χ1v) is 7.84. The molecule has 0 fully saturated rings. The summed E-state index contributed by atoms with van der Waals surface area (Å²) < 4.78 is 6.84. The van der Waals surface area contributed by atoms with Crippen molar-refractivity contribution < 1.29 is 9.53 Å². The van der Waals surface area contributed by atoms with Gasteiger partial charge in [-0.3, -0.25) is 4.79 Å². The number of halogens is 2. The molecule has 6 heteroatoms. The molecule has 1 amide bonds. The molecule has 1 N–H and O–H groups in total. The molecule has 0 aliphatic heterocycles. The Morgan fingerprint density at radius 3 is 2.53 bits per heavy atom. The highest BCUT2D eigenvalue weighted by molar-refractivity contribution is 9.13. The van der Waals surface area contributed by atoms with E-state index in [0.717, 1.165) is 19.5 Å². The Kier molecular flexibility index (Phi) is 5.15. The van der Waals surface area contributed by atoms with Crippen LogP contribution in [-0.4, -0.2) is 13.0 Å². The lowest BCUT2D eigenvalue weighted by molar-refractivity contribution is 0.103. The van der Waals surface area contributed by atoms with Crippen molar-refractivity contribution in [3.8, 4) is 0 Å². The fourth-order valence-corrected chi connectivity index (χ4v) is 3.43. The third-order valence-corrected chi connectivity index (χ3v) is 5.65. The first kappa shape index (κ1) is 14.7. The Morgan fingerprint density at radius 2 is 2.00 bits per heavy atom. The number of benzene rings is 1. The minimum Gasteiger partial charge on any atom is -0.380 e. The Morgan fingerprint density at radius 1 is 1.32 bits per heavy atom. The first-order chi connectivity index (χ1) is 9.10. The van der Waals surface area contributed by atoms with Gasteiger partial charge in [0.2, 0.25) is 0 Å². The summed E-state index contributed by atoms with van der Waals surface area (Å²) in [7, 11) is 1.65. The molecular formula is C13H11Br2NO2S. The molecule has 100 valence electrons. The fraction of sp³-hybridized carbons (Fsp3) is 0.154. The van der Waals surface area contributed by atoms with Gasteiger partial charge in [0.15, 0.2) is 0 Å². The van der Waals surface area contributed by atoms with Crippen LogP contribution in [0.5, 0.6) is 0 Å². The molecular weight excluding hydrogens is 394 g/mol. The van der Waals surface area contributed by atoms with Crippen molar-refractivity contribution in [2.45, 2.75) is 6.61 Å². The van der Waals surface area contributed by atoms with E-state index in [9.17, 15) is 4.79 Å². The van der Waals surface area contributed by atoms with Gasteiger partial charge in [-0.1, -0.05) is 12.1 Å². The number of ether oxygens (including phenoxy) is 1. The van der Waals surface area contributed by atoms with Crippen LogP contribution in [-0.2, 0) is 11.3 Å². The van der Waals surface area contributed by atoms with E-state index in [1.165, 1.54) is 11.3 Å². The molecule has 0 saturated heterocycles. The second-order valence-electron chi connectivity index (χ2n) is 3.82. The van der Waals surface area contributed by atoms with Crippen molar-refractivity contribution in [2.75, 3.05) is 12.4 Å². The summed E-state index contributed by atoms with van der Waals surface area (Å²) in [5, 5.41) is 2.86. The average Bonchev–Trinajstić information content (AvgIpc) is 2.72. The summed E-state index contributed by atoms with van der Waals surface area (Å²) in [6, 6.07) is 9.38. The third kappa shape index (κ3) is 3.89. The normalized spacial score (nSPS) is 10.5. The highest BCUT2D eigenvalue weighted by atomic mass is 79.9. The lowest BCUT2D eigenvalue weighted by atomic mass is 10.2. The maximum Gasteiger partial charge on any atom is 0.265 e. The van der Waals surface area contributed by atoms with Crippen LogP contribution >= 0.6 is 43.2 Å². The van der Waals surface area contributed by atoms with Crippen LogP contribution in [0.25, 0.3) is 0 Å². The van der Waals surface area contributed by atoms with Crippen molar-refractivity contribution in [2.24, 2.45) is 0 Å². The minimum atomic E-state index is -0.115. The number of rotatable bonds is 4. The number of carbonyl (C=O) groups is 1. The molecule has 1 aromatic carbocycles. The van der Waals surface area contributed by atoms with Crippen molar-refractivity contribution in [1.82, 2.24) is 0 Å². The number of carbonyl (C=O) groups excluding carboxylic acids is 1. The predicted molar refractivity (Wildman–Crippen MR) is 84.8 cm³/mol.